The van der Waals surface area contributed by atoms with E-state index >= 15 is 0 Å². The number of phenolic OH excluding ortho intramolecular Hbond substituents is 1. The quantitative estimate of drug-likeness (QED) is 0.201. The monoisotopic (exact) mass is 460 g/mol. The Hall–Kier alpha value is -2.50. The molecule has 184 valence electrons. The van der Waals surface area contributed by atoms with E-state index < -0.39 is 5.63 Å². The second kappa shape index (κ2) is 15.4. The number of carbonyl (C=O) groups is 1. The first-order valence-electron chi connectivity index (χ1n) is 12.5. The lowest BCUT2D eigenvalue weighted by Crippen LogP contribution is -2.08. The number of unbranched alkanes of at least 4 members (excludes halogenated alkanes) is 12. The molecule has 0 fully saturated rings. The first kappa shape index (κ1) is 26.7. The summed E-state index contributed by atoms with van der Waals surface area (Å²) in [6.45, 7) is 2.14. The average molecular weight is 461 g/mol. The smallest absolute Gasteiger partial charge is 0.347 e. The molecule has 0 atom stereocenters. The van der Waals surface area contributed by atoms with E-state index in [0.717, 1.165) is 19.3 Å². The average Bonchev–Trinajstić information content (AvgIpc) is 2.80. The van der Waals surface area contributed by atoms with Gasteiger partial charge < -0.3 is 19.0 Å². The Balaban J connectivity index is 1.58. The number of methoxy groups -OCH3 is 1. The third kappa shape index (κ3) is 9.89. The lowest BCUT2D eigenvalue weighted by molar-refractivity contribution is -0.145. The lowest BCUT2D eigenvalue weighted by Gasteiger charge is -2.07. The summed E-state index contributed by atoms with van der Waals surface area (Å²) < 4.78 is 15.6. The zero-order valence-corrected chi connectivity index (χ0v) is 20.3. The van der Waals surface area contributed by atoms with E-state index in [1.807, 2.05) is 0 Å². The van der Waals surface area contributed by atoms with Crippen LogP contribution in [-0.4, -0.2) is 18.2 Å². The van der Waals surface area contributed by atoms with Crippen molar-refractivity contribution in [2.45, 2.75) is 103 Å². The molecule has 1 aromatic heterocycles. The van der Waals surface area contributed by atoms with Crippen LogP contribution in [0, 0.1) is 0 Å². The highest BCUT2D eigenvalue weighted by molar-refractivity contribution is 5.88. The van der Waals surface area contributed by atoms with Crippen LogP contribution in [0.15, 0.2) is 27.4 Å². The zero-order chi connectivity index (χ0) is 23.9. The van der Waals surface area contributed by atoms with Gasteiger partial charge in [0.1, 0.15) is 29.3 Å². The predicted octanol–water partition coefficient (Wildman–Crippen LogP) is 7.03. The zero-order valence-electron chi connectivity index (χ0n) is 20.3. The summed E-state index contributed by atoms with van der Waals surface area (Å²) >= 11 is 0. The van der Waals surface area contributed by atoms with Gasteiger partial charge in [0.2, 0.25) is 0 Å². The summed E-state index contributed by atoms with van der Waals surface area (Å²) in [5, 5.41) is 10.6. The number of benzene rings is 1. The number of phenols is 1. The maximum absolute atomic E-state index is 12.2. The fourth-order valence-electron chi connectivity index (χ4n) is 4.03. The molecule has 1 N–H and O–H groups in total. The molecule has 0 aliphatic rings. The van der Waals surface area contributed by atoms with Gasteiger partial charge in [-0.25, -0.2) is 4.79 Å². The van der Waals surface area contributed by atoms with E-state index in [4.69, 9.17) is 13.9 Å². The standard InChI is InChI=1S/C27H40O6/c1-3-4-5-6-7-8-9-10-11-12-13-14-15-16-25(29)32-20-23-18-21-17-22(31-2)19-24(28)26(21)27(30)33-23/h17-19,28H,3-16,20H2,1-2H3. The number of aromatic hydroxyl groups is 1. The third-order valence-electron chi connectivity index (χ3n) is 5.96. The summed E-state index contributed by atoms with van der Waals surface area (Å²) in [5.41, 5.74) is -0.671. The molecule has 0 spiro atoms. The molecule has 2 aromatic rings. The van der Waals surface area contributed by atoms with Crippen molar-refractivity contribution >= 4 is 16.7 Å². The van der Waals surface area contributed by atoms with Crippen LogP contribution < -0.4 is 10.4 Å². The molecule has 6 nitrogen and oxygen atoms in total. The Kier molecular flexibility index (Phi) is 12.4. The maximum atomic E-state index is 12.2. The fraction of sp³-hybridized carbons (Fsp3) is 0.630. The number of rotatable bonds is 17. The van der Waals surface area contributed by atoms with Gasteiger partial charge in [-0.2, -0.15) is 0 Å². The van der Waals surface area contributed by atoms with Gasteiger partial charge in [-0.15, -0.1) is 0 Å². The Bertz CT molecular complexity index is 901. The lowest BCUT2D eigenvalue weighted by atomic mass is 10.0. The van der Waals surface area contributed by atoms with E-state index in [2.05, 4.69) is 6.92 Å². The van der Waals surface area contributed by atoms with Crippen molar-refractivity contribution in [2.24, 2.45) is 0 Å². The molecule has 0 aliphatic heterocycles. The number of hydrogen-bond donors (Lipinski definition) is 1. The molecule has 0 unspecified atom stereocenters. The van der Waals surface area contributed by atoms with Crippen molar-refractivity contribution in [1.29, 1.82) is 0 Å². The van der Waals surface area contributed by atoms with E-state index in [1.165, 1.54) is 77.4 Å². The minimum Gasteiger partial charge on any atom is -0.507 e. The molecule has 0 saturated heterocycles. The highest BCUT2D eigenvalue weighted by Crippen LogP contribution is 2.28. The number of fused-ring (bicyclic) bond motifs is 1. The largest absolute Gasteiger partial charge is 0.507 e. The fourth-order valence-corrected chi connectivity index (χ4v) is 4.03. The molecular weight excluding hydrogens is 420 g/mol. The molecule has 0 bridgehead atoms. The predicted molar refractivity (Wildman–Crippen MR) is 131 cm³/mol. The van der Waals surface area contributed by atoms with Gasteiger partial charge in [0.15, 0.2) is 0 Å². The van der Waals surface area contributed by atoms with Crippen molar-refractivity contribution in [3.8, 4) is 11.5 Å². The second-order valence-corrected chi connectivity index (χ2v) is 8.76. The third-order valence-corrected chi connectivity index (χ3v) is 5.96. The van der Waals surface area contributed by atoms with Crippen LogP contribution >= 0.6 is 0 Å². The first-order chi connectivity index (χ1) is 16.0. The van der Waals surface area contributed by atoms with Crippen LogP contribution in [0.5, 0.6) is 11.5 Å². The summed E-state index contributed by atoms with van der Waals surface area (Å²) in [6.07, 6.45) is 16.7. The molecule has 33 heavy (non-hydrogen) atoms. The van der Waals surface area contributed by atoms with Crippen molar-refractivity contribution < 1.29 is 23.8 Å². The van der Waals surface area contributed by atoms with Crippen molar-refractivity contribution in [2.75, 3.05) is 7.11 Å². The molecule has 1 heterocycles. The highest BCUT2D eigenvalue weighted by atomic mass is 16.5. The number of hydrogen-bond acceptors (Lipinski definition) is 6. The minimum absolute atomic E-state index is 0.0813. The topological polar surface area (TPSA) is 86.0 Å². The van der Waals surface area contributed by atoms with Crippen LogP contribution in [0.25, 0.3) is 10.8 Å². The van der Waals surface area contributed by atoms with E-state index in [9.17, 15) is 14.7 Å². The van der Waals surface area contributed by atoms with Gasteiger partial charge in [-0.05, 0) is 23.9 Å². The van der Waals surface area contributed by atoms with Gasteiger partial charge >= 0.3 is 11.6 Å². The van der Waals surface area contributed by atoms with Gasteiger partial charge in [0.05, 0.1) is 7.11 Å². The van der Waals surface area contributed by atoms with E-state index in [1.54, 1.807) is 12.1 Å². The molecule has 6 heteroatoms. The van der Waals surface area contributed by atoms with Crippen LogP contribution in [0.4, 0.5) is 0 Å². The molecule has 0 radical (unpaired) electrons. The Morgan fingerprint density at radius 1 is 0.879 bits per heavy atom. The second-order valence-electron chi connectivity index (χ2n) is 8.76. The molecule has 1 aromatic carbocycles. The van der Waals surface area contributed by atoms with Crippen LogP contribution in [-0.2, 0) is 16.1 Å². The molecular formula is C27H40O6. The summed E-state index contributed by atoms with van der Waals surface area (Å²) in [7, 11) is 1.48. The van der Waals surface area contributed by atoms with Gasteiger partial charge in [0, 0.05) is 12.5 Å². The normalized spacial score (nSPS) is 11.1. The summed E-state index contributed by atoms with van der Waals surface area (Å²) in [4.78, 5) is 24.2. The number of carbonyl (C=O) groups excluding carboxylic acids is 1. The number of ether oxygens (including phenoxy) is 2. The highest BCUT2D eigenvalue weighted by Gasteiger charge is 2.12. The number of esters is 1. The molecule has 0 aliphatic carbocycles. The van der Waals surface area contributed by atoms with Crippen LogP contribution in [0.1, 0.15) is 103 Å². The van der Waals surface area contributed by atoms with E-state index in [0.29, 0.717) is 17.6 Å². The van der Waals surface area contributed by atoms with Gasteiger partial charge in [0.25, 0.3) is 0 Å². The minimum atomic E-state index is -0.671. The van der Waals surface area contributed by atoms with Crippen molar-refractivity contribution in [3.63, 3.8) is 0 Å². The Morgan fingerprint density at radius 2 is 1.45 bits per heavy atom. The van der Waals surface area contributed by atoms with Crippen LogP contribution in [0.3, 0.4) is 0 Å². The SMILES string of the molecule is CCCCCCCCCCCCCCCC(=O)OCc1cc2cc(OC)cc(O)c2c(=O)o1. The molecule has 0 amide bonds. The van der Waals surface area contributed by atoms with Gasteiger partial charge in [-0.3, -0.25) is 4.79 Å². The van der Waals surface area contributed by atoms with Crippen LogP contribution in [0.2, 0.25) is 0 Å². The Morgan fingerprint density at radius 3 is 2.03 bits per heavy atom. The molecule has 2 rings (SSSR count). The van der Waals surface area contributed by atoms with E-state index in [-0.39, 0.29) is 29.5 Å². The maximum Gasteiger partial charge on any atom is 0.347 e. The summed E-state index contributed by atoms with van der Waals surface area (Å²) in [5.74, 6) is 0.160. The van der Waals surface area contributed by atoms with Gasteiger partial charge in [-0.1, -0.05) is 84.0 Å². The first-order valence-corrected chi connectivity index (χ1v) is 12.5. The Labute approximate surface area is 197 Å². The van der Waals surface area contributed by atoms with Crippen molar-refractivity contribution in [3.05, 3.63) is 34.4 Å². The summed E-state index contributed by atoms with van der Waals surface area (Å²) in [6, 6.07) is 4.57. The van der Waals surface area contributed by atoms with Crippen molar-refractivity contribution in [1.82, 2.24) is 0 Å². The molecule has 0 saturated carbocycles.